The summed E-state index contributed by atoms with van der Waals surface area (Å²) in [4.78, 5) is 19.3. The smallest absolute Gasteiger partial charge is 0.255 e. The maximum absolute atomic E-state index is 12.4. The number of methoxy groups -OCH3 is 1. The summed E-state index contributed by atoms with van der Waals surface area (Å²) in [5.41, 5.74) is 1.40. The van der Waals surface area contributed by atoms with Crippen LogP contribution in [0.4, 0.5) is 0 Å². The van der Waals surface area contributed by atoms with Gasteiger partial charge in [-0.2, -0.15) is 0 Å². The van der Waals surface area contributed by atoms with Crippen LogP contribution in [0.25, 0.3) is 10.9 Å². The van der Waals surface area contributed by atoms with Crippen LogP contribution in [-0.2, 0) is 4.74 Å². The van der Waals surface area contributed by atoms with E-state index in [1.54, 1.807) is 18.2 Å². The van der Waals surface area contributed by atoms with E-state index >= 15 is 0 Å². The highest BCUT2D eigenvalue weighted by Gasteiger charge is 2.15. The monoisotopic (exact) mass is 290 g/mol. The van der Waals surface area contributed by atoms with Gasteiger partial charge in [-0.3, -0.25) is 9.78 Å². The number of fused-ring (bicyclic) bond motifs is 1. The third kappa shape index (κ3) is 3.11. The van der Waals surface area contributed by atoms with Gasteiger partial charge in [-0.05, 0) is 19.1 Å². The van der Waals surface area contributed by atoms with E-state index in [9.17, 15) is 4.79 Å². The number of thiol groups is 1. The Hall–Kier alpha value is -1.59. The van der Waals surface area contributed by atoms with Crippen LogP contribution in [0.15, 0.2) is 35.4 Å². The molecule has 0 bridgehead atoms. The van der Waals surface area contributed by atoms with Crippen molar-refractivity contribution >= 4 is 29.4 Å². The number of hydrogen-bond donors (Lipinski definition) is 1. The first kappa shape index (κ1) is 14.8. The van der Waals surface area contributed by atoms with Crippen molar-refractivity contribution in [2.24, 2.45) is 0 Å². The van der Waals surface area contributed by atoms with Crippen LogP contribution in [-0.4, -0.2) is 42.6 Å². The van der Waals surface area contributed by atoms with E-state index in [1.807, 2.05) is 31.2 Å². The molecule has 1 aromatic carbocycles. The standard InChI is InChI=1S/C15H18N2O2S/c1-3-17(7-8-19-2)15(18)12-9-11-5-4-6-13(20)14(11)16-10-12/h4-6,9-10,20H,3,7-8H2,1-2H3. The number of benzene rings is 1. The van der Waals surface area contributed by atoms with Crippen LogP contribution >= 0.6 is 12.6 Å². The number of para-hydroxylation sites is 1. The van der Waals surface area contributed by atoms with Gasteiger partial charge in [0.25, 0.3) is 5.91 Å². The van der Waals surface area contributed by atoms with Gasteiger partial charge in [0.15, 0.2) is 0 Å². The van der Waals surface area contributed by atoms with Crippen LogP contribution in [0, 0.1) is 0 Å². The first-order chi connectivity index (χ1) is 9.67. The van der Waals surface area contributed by atoms with Crippen molar-refractivity contribution in [3.05, 3.63) is 36.0 Å². The van der Waals surface area contributed by atoms with Crippen LogP contribution in [0.1, 0.15) is 17.3 Å². The summed E-state index contributed by atoms with van der Waals surface area (Å²) in [5, 5.41) is 0.922. The number of hydrogen-bond acceptors (Lipinski definition) is 4. The van der Waals surface area contributed by atoms with Crippen molar-refractivity contribution in [2.75, 3.05) is 26.8 Å². The molecule has 4 nitrogen and oxygen atoms in total. The lowest BCUT2D eigenvalue weighted by atomic mass is 10.1. The number of carbonyl (C=O) groups is 1. The highest BCUT2D eigenvalue weighted by atomic mass is 32.1. The summed E-state index contributed by atoms with van der Waals surface area (Å²) < 4.78 is 5.03. The van der Waals surface area contributed by atoms with Gasteiger partial charge < -0.3 is 9.64 Å². The fourth-order valence-electron chi connectivity index (χ4n) is 2.05. The lowest BCUT2D eigenvalue weighted by Crippen LogP contribution is -2.33. The minimum absolute atomic E-state index is 0.0245. The summed E-state index contributed by atoms with van der Waals surface area (Å²) >= 11 is 4.37. The normalized spacial score (nSPS) is 10.8. The quantitative estimate of drug-likeness (QED) is 0.861. The highest BCUT2D eigenvalue weighted by Crippen LogP contribution is 2.20. The second-order valence-electron chi connectivity index (χ2n) is 4.45. The Balaban J connectivity index is 2.30. The van der Waals surface area contributed by atoms with E-state index in [2.05, 4.69) is 17.6 Å². The number of nitrogens with zero attached hydrogens (tertiary/aromatic N) is 2. The molecule has 2 aromatic rings. The molecule has 20 heavy (non-hydrogen) atoms. The van der Waals surface area contributed by atoms with Gasteiger partial charge in [0, 0.05) is 36.7 Å². The largest absolute Gasteiger partial charge is 0.383 e. The average molecular weight is 290 g/mol. The zero-order chi connectivity index (χ0) is 14.5. The number of ether oxygens (including phenoxy) is 1. The molecule has 0 unspecified atom stereocenters. The van der Waals surface area contributed by atoms with Crippen molar-refractivity contribution in [2.45, 2.75) is 11.8 Å². The Morgan fingerprint density at radius 3 is 2.95 bits per heavy atom. The van der Waals surface area contributed by atoms with Crippen LogP contribution < -0.4 is 0 Å². The van der Waals surface area contributed by atoms with Crippen molar-refractivity contribution in [1.82, 2.24) is 9.88 Å². The molecule has 0 fully saturated rings. The van der Waals surface area contributed by atoms with E-state index in [1.165, 1.54) is 0 Å². The number of aromatic nitrogens is 1. The van der Waals surface area contributed by atoms with Gasteiger partial charge >= 0.3 is 0 Å². The molecule has 1 amide bonds. The lowest BCUT2D eigenvalue weighted by Gasteiger charge is -2.20. The molecule has 0 spiro atoms. The maximum Gasteiger partial charge on any atom is 0.255 e. The van der Waals surface area contributed by atoms with Gasteiger partial charge in [-0.15, -0.1) is 12.6 Å². The third-order valence-corrected chi connectivity index (χ3v) is 3.53. The van der Waals surface area contributed by atoms with Gasteiger partial charge in [0.05, 0.1) is 17.7 Å². The number of amides is 1. The minimum atomic E-state index is -0.0245. The molecule has 0 aliphatic rings. The second-order valence-corrected chi connectivity index (χ2v) is 4.93. The first-order valence-electron chi connectivity index (χ1n) is 6.53. The summed E-state index contributed by atoms with van der Waals surface area (Å²) in [6, 6.07) is 7.59. The molecule has 1 heterocycles. The Kier molecular flexibility index (Phi) is 4.98. The van der Waals surface area contributed by atoms with Crippen molar-refractivity contribution in [3.8, 4) is 0 Å². The van der Waals surface area contributed by atoms with Crippen molar-refractivity contribution < 1.29 is 9.53 Å². The van der Waals surface area contributed by atoms with Gasteiger partial charge in [-0.1, -0.05) is 12.1 Å². The fourth-order valence-corrected chi connectivity index (χ4v) is 2.32. The van der Waals surface area contributed by atoms with Gasteiger partial charge in [-0.25, -0.2) is 0 Å². The fraction of sp³-hybridized carbons (Fsp3) is 0.333. The van der Waals surface area contributed by atoms with E-state index in [0.717, 1.165) is 15.8 Å². The summed E-state index contributed by atoms with van der Waals surface area (Å²) in [6.07, 6.45) is 1.61. The Labute approximate surface area is 124 Å². The molecule has 5 heteroatoms. The maximum atomic E-state index is 12.4. The molecule has 2 rings (SSSR count). The highest BCUT2D eigenvalue weighted by molar-refractivity contribution is 7.80. The zero-order valence-electron chi connectivity index (χ0n) is 11.7. The minimum Gasteiger partial charge on any atom is -0.383 e. The molecule has 106 valence electrons. The summed E-state index contributed by atoms with van der Waals surface area (Å²) in [7, 11) is 1.63. The lowest BCUT2D eigenvalue weighted by molar-refractivity contribution is 0.0706. The van der Waals surface area contributed by atoms with E-state index in [-0.39, 0.29) is 5.91 Å². The van der Waals surface area contributed by atoms with Crippen LogP contribution in [0.2, 0.25) is 0 Å². The Morgan fingerprint density at radius 2 is 2.25 bits per heavy atom. The zero-order valence-corrected chi connectivity index (χ0v) is 12.6. The van der Waals surface area contributed by atoms with Crippen molar-refractivity contribution in [3.63, 3.8) is 0 Å². The molecule has 0 aliphatic carbocycles. The SMILES string of the molecule is CCN(CCOC)C(=O)c1cnc2c(S)cccc2c1. The first-order valence-corrected chi connectivity index (χ1v) is 6.98. The molecule has 0 saturated carbocycles. The summed E-state index contributed by atoms with van der Waals surface area (Å²) in [6.45, 7) is 3.71. The third-order valence-electron chi connectivity index (χ3n) is 3.17. The van der Waals surface area contributed by atoms with E-state index in [4.69, 9.17) is 4.74 Å². The summed E-state index contributed by atoms with van der Waals surface area (Å²) in [5.74, 6) is -0.0245. The van der Waals surface area contributed by atoms with E-state index in [0.29, 0.717) is 25.3 Å². The number of likely N-dealkylation sites (N-methyl/N-ethyl adjacent to an activating group) is 1. The topological polar surface area (TPSA) is 42.4 Å². The van der Waals surface area contributed by atoms with Gasteiger partial charge in [0.2, 0.25) is 0 Å². The predicted octanol–water partition coefficient (Wildman–Crippen LogP) is 2.63. The van der Waals surface area contributed by atoms with Gasteiger partial charge in [0.1, 0.15) is 0 Å². The Bertz CT molecular complexity index is 616. The average Bonchev–Trinajstić information content (AvgIpc) is 2.47. The second kappa shape index (κ2) is 6.72. The molecule has 0 saturated heterocycles. The number of pyridine rings is 1. The van der Waals surface area contributed by atoms with Crippen LogP contribution in [0.5, 0.6) is 0 Å². The van der Waals surface area contributed by atoms with Crippen molar-refractivity contribution in [1.29, 1.82) is 0 Å². The molecule has 0 radical (unpaired) electrons. The molecule has 0 aliphatic heterocycles. The molecular weight excluding hydrogens is 272 g/mol. The molecule has 0 atom stereocenters. The number of rotatable bonds is 5. The number of carbonyl (C=O) groups excluding carboxylic acids is 1. The molecular formula is C15H18N2O2S. The van der Waals surface area contributed by atoms with Crippen LogP contribution in [0.3, 0.4) is 0 Å². The van der Waals surface area contributed by atoms with E-state index < -0.39 is 0 Å². The Morgan fingerprint density at radius 1 is 1.45 bits per heavy atom. The molecule has 1 aromatic heterocycles. The molecule has 0 N–H and O–H groups in total. The predicted molar refractivity (Wildman–Crippen MR) is 82.4 cm³/mol.